The molecule has 0 spiro atoms. The number of nitrogens with zero attached hydrogens (tertiary/aromatic N) is 7. The van der Waals surface area contributed by atoms with Crippen molar-refractivity contribution in [1.82, 2.24) is 24.7 Å². The van der Waals surface area contributed by atoms with Crippen molar-refractivity contribution in [3.8, 4) is 11.8 Å². The van der Waals surface area contributed by atoms with Crippen LogP contribution in [0.4, 0.5) is 0 Å². The summed E-state index contributed by atoms with van der Waals surface area (Å²) in [4.78, 5) is 4.86. The van der Waals surface area contributed by atoms with Gasteiger partial charge in [0.15, 0.2) is 0 Å². The summed E-state index contributed by atoms with van der Waals surface area (Å²) >= 11 is 0. The lowest BCUT2D eigenvalue weighted by atomic mass is 10.0. The number of hydrogen-bond acceptors (Lipinski definition) is 8. The molecule has 1 unspecified atom stereocenters. The second-order valence-electron chi connectivity index (χ2n) is 7.90. The fraction of sp³-hybridized carbons (Fsp3) is 0.409. The lowest BCUT2D eigenvalue weighted by molar-refractivity contribution is 0.223. The molecule has 166 valence electrons. The molecule has 10 heteroatoms. The zero-order chi connectivity index (χ0) is 22.7. The van der Waals surface area contributed by atoms with Gasteiger partial charge >= 0.3 is 0 Å². The number of aromatic nitrogens is 4. The molecule has 0 aromatic carbocycles. The number of rotatable bonds is 6. The first kappa shape index (κ1) is 21.5. The highest BCUT2D eigenvalue weighted by molar-refractivity contribution is 6.47. The van der Waals surface area contributed by atoms with Gasteiger partial charge in [-0.2, -0.15) is 20.6 Å². The molecule has 0 aliphatic carbocycles. The van der Waals surface area contributed by atoms with Crippen molar-refractivity contribution < 1.29 is 4.74 Å². The predicted molar refractivity (Wildman–Crippen MR) is 122 cm³/mol. The van der Waals surface area contributed by atoms with Gasteiger partial charge in [0.2, 0.25) is 0 Å². The number of nitrogens with two attached hydrogens (primary N) is 1. The van der Waals surface area contributed by atoms with Crippen LogP contribution >= 0.6 is 0 Å². The Morgan fingerprint density at radius 1 is 1.41 bits per heavy atom. The standard InChI is InChI=1S/C22H27N9O/c1-14(27-18-4-7-25-8-5-18)21(28-24)16-10-20(22-17(11-23)12-26-31(22)13-16)32-15(2)19-6-9-30(3)29-19/h6,9-10,12-13,15,18,25H,4-5,7-8,24H2,1-3H3/b27-14?,28-21+. The number of piperidine rings is 1. The van der Waals surface area contributed by atoms with Crippen LogP contribution in [0.2, 0.25) is 0 Å². The van der Waals surface area contributed by atoms with Crippen molar-refractivity contribution in [2.75, 3.05) is 13.1 Å². The number of aliphatic imine (C=N–C) groups is 1. The average Bonchev–Trinajstić information content (AvgIpc) is 3.41. The maximum atomic E-state index is 9.56. The van der Waals surface area contributed by atoms with Crippen LogP contribution in [-0.4, -0.2) is 49.9 Å². The predicted octanol–water partition coefficient (Wildman–Crippen LogP) is 1.96. The van der Waals surface area contributed by atoms with Gasteiger partial charge in [-0.05, 0) is 51.9 Å². The summed E-state index contributed by atoms with van der Waals surface area (Å²) in [6, 6.07) is 6.16. The quantitative estimate of drug-likeness (QED) is 0.347. The highest BCUT2D eigenvalue weighted by Gasteiger charge is 2.20. The van der Waals surface area contributed by atoms with Crippen LogP contribution < -0.4 is 15.9 Å². The van der Waals surface area contributed by atoms with Crippen LogP contribution in [-0.2, 0) is 7.05 Å². The maximum Gasteiger partial charge on any atom is 0.148 e. The molecule has 1 saturated heterocycles. The van der Waals surface area contributed by atoms with Crippen molar-refractivity contribution in [2.45, 2.75) is 38.8 Å². The number of nitriles is 1. The van der Waals surface area contributed by atoms with Crippen LogP contribution in [0.25, 0.3) is 5.52 Å². The summed E-state index contributed by atoms with van der Waals surface area (Å²) < 4.78 is 9.61. The first-order chi connectivity index (χ1) is 15.5. The highest BCUT2D eigenvalue weighted by Crippen LogP contribution is 2.29. The van der Waals surface area contributed by atoms with Gasteiger partial charge in [0.1, 0.15) is 40.4 Å². The van der Waals surface area contributed by atoms with Crippen LogP contribution in [0.5, 0.6) is 5.75 Å². The molecule has 0 amide bonds. The Kier molecular flexibility index (Phi) is 6.18. The molecule has 1 atom stereocenters. The summed E-state index contributed by atoms with van der Waals surface area (Å²) in [6.45, 7) is 5.74. The van der Waals surface area contributed by atoms with E-state index in [1.807, 2.05) is 39.2 Å². The van der Waals surface area contributed by atoms with Crippen LogP contribution in [0.15, 0.2) is 40.8 Å². The minimum Gasteiger partial charge on any atom is -0.482 e. The molecule has 1 aliphatic heterocycles. The van der Waals surface area contributed by atoms with Gasteiger partial charge in [0.25, 0.3) is 0 Å². The fourth-order valence-corrected chi connectivity index (χ4v) is 3.93. The zero-order valence-electron chi connectivity index (χ0n) is 18.5. The van der Waals surface area contributed by atoms with Crippen molar-refractivity contribution in [1.29, 1.82) is 5.26 Å². The number of fused-ring (bicyclic) bond motifs is 1. The Hall–Kier alpha value is -3.71. The number of hydrazone groups is 1. The van der Waals surface area contributed by atoms with Gasteiger partial charge in [0.05, 0.1) is 18.0 Å². The molecule has 4 rings (SSSR count). The highest BCUT2D eigenvalue weighted by atomic mass is 16.5. The summed E-state index contributed by atoms with van der Waals surface area (Å²) in [5.41, 5.74) is 3.83. The third kappa shape index (κ3) is 4.33. The second kappa shape index (κ2) is 9.20. The van der Waals surface area contributed by atoms with E-state index in [2.05, 4.69) is 26.7 Å². The molecule has 0 saturated carbocycles. The van der Waals surface area contributed by atoms with Crippen molar-refractivity contribution in [3.63, 3.8) is 0 Å². The monoisotopic (exact) mass is 433 g/mol. The topological polar surface area (TPSA) is 131 Å². The van der Waals surface area contributed by atoms with Crippen LogP contribution in [0.3, 0.4) is 0 Å². The Morgan fingerprint density at radius 3 is 2.84 bits per heavy atom. The van der Waals surface area contributed by atoms with Gasteiger partial charge in [-0.25, -0.2) is 4.52 Å². The maximum absolute atomic E-state index is 9.56. The second-order valence-corrected chi connectivity index (χ2v) is 7.90. The smallest absolute Gasteiger partial charge is 0.148 e. The average molecular weight is 434 g/mol. The van der Waals surface area contributed by atoms with Gasteiger partial charge in [-0.1, -0.05) is 0 Å². The van der Waals surface area contributed by atoms with E-state index in [9.17, 15) is 5.26 Å². The molecular weight excluding hydrogens is 406 g/mol. The first-order valence-corrected chi connectivity index (χ1v) is 10.6. The van der Waals surface area contributed by atoms with E-state index in [0.29, 0.717) is 28.1 Å². The van der Waals surface area contributed by atoms with Crippen molar-refractivity contribution in [3.05, 3.63) is 47.5 Å². The summed E-state index contributed by atoms with van der Waals surface area (Å²) in [7, 11) is 1.86. The minimum absolute atomic E-state index is 0.242. The Balaban J connectivity index is 1.73. The number of ether oxygens (including phenoxy) is 1. The normalized spacial score (nSPS) is 16.8. The van der Waals surface area contributed by atoms with Crippen LogP contribution in [0.1, 0.15) is 49.6 Å². The fourth-order valence-electron chi connectivity index (χ4n) is 3.93. The SMILES string of the molecule is CC(=NC1CCNCC1)/C(=N\N)c1cc(OC(C)c2ccn(C)n2)c2c(C#N)cnn2c1. The third-order valence-corrected chi connectivity index (χ3v) is 5.58. The number of aryl methyl sites for hydroxylation is 1. The lowest BCUT2D eigenvalue weighted by Gasteiger charge is -2.20. The van der Waals surface area contributed by atoms with E-state index in [-0.39, 0.29) is 12.1 Å². The molecule has 3 N–H and O–H groups in total. The van der Waals surface area contributed by atoms with E-state index in [1.54, 1.807) is 15.4 Å². The van der Waals surface area contributed by atoms with E-state index in [0.717, 1.165) is 37.3 Å². The minimum atomic E-state index is -0.334. The molecule has 1 aliphatic rings. The summed E-state index contributed by atoms with van der Waals surface area (Å²) in [6.07, 6.45) is 6.80. The van der Waals surface area contributed by atoms with E-state index < -0.39 is 0 Å². The summed E-state index contributed by atoms with van der Waals surface area (Å²) in [5.74, 6) is 6.30. The number of nitrogens with one attached hydrogen (secondary N) is 1. The van der Waals surface area contributed by atoms with E-state index >= 15 is 0 Å². The molecule has 1 fully saturated rings. The van der Waals surface area contributed by atoms with Gasteiger partial charge in [0, 0.05) is 25.0 Å². The molecule has 4 heterocycles. The molecule has 3 aromatic rings. The van der Waals surface area contributed by atoms with Gasteiger partial charge in [-0.3, -0.25) is 9.67 Å². The van der Waals surface area contributed by atoms with Crippen molar-refractivity contribution in [2.24, 2.45) is 23.0 Å². The van der Waals surface area contributed by atoms with Crippen molar-refractivity contribution >= 4 is 16.9 Å². The third-order valence-electron chi connectivity index (χ3n) is 5.58. The molecular formula is C22H27N9O. The van der Waals surface area contributed by atoms with Crippen LogP contribution in [0, 0.1) is 11.3 Å². The van der Waals surface area contributed by atoms with Gasteiger partial charge < -0.3 is 15.9 Å². The first-order valence-electron chi connectivity index (χ1n) is 10.6. The molecule has 0 bridgehead atoms. The molecule has 3 aromatic heterocycles. The van der Waals surface area contributed by atoms with E-state index in [1.165, 1.54) is 6.20 Å². The Labute approximate surface area is 186 Å². The largest absolute Gasteiger partial charge is 0.482 e. The van der Waals surface area contributed by atoms with Gasteiger partial charge in [-0.15, -0.1) is 0 Å². The molecule has 32 heavy (non-hydrogen) atoms. The summed E-state index contributed by atoms with van der Waals surface area (Å²) in [5, 5.41) is 25.7. The lowest BCUT2D eigenvalue weighted by Crippen LogP contribution is -2.31. The number of hydrogen-bond donors (Lipinski definition) is 2. The number of pyridine rings is 1. The Bertz CT molecular complexity index is 1210. The zero-order valence-corrected chi connectivity index (χ0v) is 18.5. The molecule has 10 nitrogen and oxygen atoms in total. The Morgan fingerprint density at radius 2 is 2.19 bits per heavy atom. The molecule has 0 radical (unpaired) electrons. The van der Waals surface area contributed by atoms with E-state index in [4.69, 9.17) is 15.6 Å².